The molecule has 23 heavy (non-hydrogen) atoms. The Morgan fingerprint density at radius 2 is 2.00 bits per heavy atom. The van der Waals surface area contributed by atoms with Gasteiger partial charge in [-0.2, -0.15) is 0 Å². The molecule has 0 aliphatic carbocycles. The molecule has 0 unspecified atom stereocenters. The van der Waals surface area contributed by atoms with Crippen LogP contribution in [-0.2, 0) is 18.0 Å². The van der Waals surface area contributed by atoms with Gasteiger partial charge in [-0.05, 0) is 29.7 Å². The third kappa shape index (κ3) is 6.32. The van der Waals surface area contributed by atoms with E-state index >= 15 is 0 Å². The second-order valence-electron chi connectivity index (χ2n) is 4.93. The number of hydrogen-bond donors (Lipinski definition) is 2. The van der Waals surface area contributed by atoms with Crippen molar-refractivity contribution in [2.45, 2.75) is 19.6 Å². The lowest BCUT2D eigenvalue weighted by Crippen LogP contribution is -2.24. The molecule has 1 aromatic carbocycles. The molecule has 0 saturated heterocycles. The van der Waals surface area contributed by atoms with Gasteiger partial charge in [-0.25, -0.2) is 4.79 Å². The number of hydrogen-bond acceptors (Lipinski definition) is 4. The molecule has 120 valence electrons. The number of ether oxygens (including phenoxy) is 1. The minimum atomic E-state index is -0.423. The summed E-state index contributed by atoms with van der Waals surface area (Å²) in [7, 11) is 0. The van der Waals surface area contributed by atoms with E-state index in [4.69, 9.17) is 9.84 Å². The second kappa shape index (κ2) is 9.38. The van der Waals surface area contributed by atoms with E-state index in [1.807, 2.05) is 54.6 Å². The fraction of sp³-hybridized carbons (Fsp3) is 0.222. The molecule has 2 rings (SSSR count). The van der Waals surface area contributed by atoms with E-state index in [-0.39, 0.29) is 13.2 Å². The Hall–Kier alpha value is -2.66. The first-order valence-electron chi connectivity index (χ1n) is 7.45. The molecule has 0 atom stereocenters. The van der Waals surface area contributed by atoms with Crippen LogP contribution in [0.1, 0.15) is 23.2 Å². The van der Waals surface area contributed by atoms with Gasteiger partial charge in [0.1, 0.15) is 6.61 Å². The van der Waals surface area contributed by atoms with Gasteiger partial charge < -0.3 is 15.2 Å². The Kier molecular flexibility index (Phi) is 6.81. The van der Waals surface area contributed by atoms with Crippen LogP contribution in [0.3, 0.4) is 0 Å². The van der Waals surface area contributed by atoms with Crippen LogP contribution in [-0.4, -0.2) is 22.7 Å². The van der Waals surface area contributed by atoms with E-state index < -0.39 is 6.09 Å². The molecule has 2 N–H and O–H groups in total. The highest BCUT2D eigenvalue weighted by molar-refractivity contribution is 5.67. The standard InChI is InChI=1S/C18H20N2O3/c21-13-16-9-10-17(20-12-16)8-4-5-11-19-18(22)23-14-15-6-2-1-3-7-15/h1-4,6-10,12,21H,5,11,13-14H2,(H,19,22). The van der Waals surface area contributed by atoms with E-state index in [0.29, 0.717) is 13.0 Å². The Bertz CT molecular complexity index is 624. The largest absolute Gasteiger partial charge is 0.445 e. The quantitative estimate of drug-likeness (QED) is 0.771. The van der Waals surface area contributed by atoms with Crippen molar-refractivity contribution in [3.05, 3.63) is 71.6 Å². The van der Waals surface area contributed by atoms with Crippen LogP contribution in [0.2, 0.25) is 0 Å². The van der Waals surface area contributed by atoms with Crippen molar-refractivity contribution in [1.29, 1.82) is 0 Å². The highest BCUT2D eigenvalue weighted by Gasteiger charge is 2.00. The summed E-state index contributed by atoms with van der Waals surface area (Å²) in [4.78, 5) is 15.7. The average Bonchev–Trinajstić information content (AvgIpc) is 2.61. The lowest BCUT2D eigenvalue weighted by Gasteiger charge is -2.05. The summed E-state index contributed by atoms with van der Waals surface area (Å²) in [6.45, 7) is 0.758. The molecule has 0 radical (unpaired) electrons. The number of pyridine rings is 1. The lowest BCUT2D eigenvalue weighted by molar-refractivity contribution is 0.140. The summed E-state index contributed by atoms with van der Waals surface area (Å²) in [5.74, 6) is 0. The molecule has 0 spiro atoms. The van der Waals surface area contributed by atoms with E-state index in [1.165, 1.54) is 0 Å². The van der Waals surface area contributed by atoms with Gasteiger partial charge in [0, 0.05) is 12.7 Å². The maximum atomic E-state index is 11.5. The molecule has 0 aliphatic heterocycles. The summed E-state index contributed by atoms with van der Waals surface area (Å²) in [6, 6.07) is 13.2. The van der Waals surface area contributed by atoms with Crippen molar-refractivity contribution >= 4 is 12.2 Å². The number of aliphatic hydroxyl groups is 1. The van der Waals surface area contributed by atoms with Crippen LogP contribution in [0.15, 0.2) is 54.7 Å². The third-order valence-corrected chi connectivity index (χ3v) is 3.11. The summed E-state index contributed by atoms with van der Waals surface area (Å²) in [6.07, 6.45) is 5.70. The lowest BCUT2D eigenvalue weighted by atomic mass is 10.2. The molecule has 5 heteroatoms. The fourth-order valence-electron chi connectivity index (χ4n) is 1.86. The minimum Gasteiger partial charge on any atom is -0.445 e. The number of nitrogens with one attached hydrogen (secondary N) is 1. The molecule has 5 nitrogen and oxygen atoms in total. The molecule has 1 aromatic heterocycles. The number of rotatable bonds is 7. The Morgan fingerprint density at radius 3 is 2.70 bits per heavy atom. The van der Waals surface area contributed by atoms with Crippen molar-refractivity contribution in [1.82, 2.24) is 10.3 Å². The highest BCUT2D eigenvalue weighted by Crippen LogP contribution is 2.03. The van der Waals surface area contributed by atoms with Crippen molar-refractivity contribution in [2.24, 2.45) is 0 Å². The van der Waals surface area contributed by atoms with Crippen molar-refractivity contribution in [2.75, 3.05) is 6.54 Å². The van der Waals surface area contributed by atoms with Gasteiger partial charge in [-0.1, -0.05) is 42.5 Å². The predicted octanol–water partition coefficient (Wildman–Crippen LogP) is 2.90. The van der Waals surface area contributed by atoms with Crippen LogP contribution in [0.4, 0.5) is 4.79 Å². The van der Waals surface area contributed by atoms with E-state index in [1.54, 1.807) is 6.20 Å². The topological polar surface area (TPSA) is 71.5 Å². The first kappa shape index (κ1) is 16.7. The van der Waals surface area contributed by atoms with Gasteiger partial charge in [-0.15, -0.1) is 0 Å². The second-order valence-corrected chi connectivity index (χ2v) is 4.93. The highest BCUT2D eigenvalue weighted by atomic mass is 16.5. The molecule has 0 bridgehead atoms. The molecule has 1 amide bonds. The summed E-state index contributed by atoms with van der Waals surface area (Å²) < 4.78 is 5.11. The number of amides is 1. The molecule has 0 fully saturated rings. The number of aliphatic hydroxyl groups excluding tert-OH is 1. The Balaban J connectivity index is 1.62. The maximum absolute atomic E-state index is 11.5. The van der Waals surface area contributed by atoms with Crippen molar-refractivity contribution in [3.8, 4) is 0 Å². The van der Waals surface area contributed by atoms with Gasteiger partial charge in [0.15, 0.2) is 0 Å². The zero-order chi connectivity index (χ0) is 16.3. The number of alkyl carbamates (subject to hydrolysis) is 1. The van der Waals surface area contributed by atoms with Crippen LogP contribution < -0.4 is 5.32 Å². The molecular formula is C18H20N2O3. The van der Waals surface area contributed by atoms with Crippen LogP contribution in [0, 0.1) is 0 Å². The van der Waals surface area contributed by atoms with Gasteiger partial charge in [0.05, 0.1) is 12.3 Å². The van der Waals surface area contributed by atoms with Crippen LogP contribution >= 0.6 is 0 Å². The molecule has 0 aliphatic rings. The van der Waals surface area contributed by atoms with Gasteiger partial charge in [-0.3, -0.25) is 4.98 Å². The minimum absolute atomic E-state index is 0.00793. The van der Waals surface area contributed by atoms with Gasteiger partial charge in [0.25, 0.3) is 0 Å². The number of carbonyl (C=O) groups excluding carboxylic acids is 1. The van der Waals surface area contributed by atoms with Crippen LogP contribution in [0.5, 0.6) is 0 Å². The van der Waals surface area contributed by atoms with E-state index in [2.05, 4.69) is 10.3 Å². The molecule has 1 heterocycles. The van der Waals surface area contributed by atoms with Crippen molar-refractivity contribution in [3.63, 3.8) is 0 Å². The van der Waals surface area contributed by atoms with E-state index in [9.17, 15) is 4.79 Å². The summed E-state index contributed by atoms with van der Waals surface area (Å²) in [5.41, 5.74) is 2.55. The third-order valence-electron chi connectivity index (χ3n) is 3.11. The smallest absolute Gasteiger partial charge is 0.407 e. The molecule has 2 aromatic rings. The first-order valence-corrected chi connectivity index (χ1v) is 7.45. The predicted molar refractivity (Wildman–Crippen MR) is 88.4 cm³/mol. The Morgan fingerprint density at radius 1 is 1.17 bits per heavy atom. The fourth-order valence-corrected chi connectivity index (χ4v) is 1.86. The maximum Gasteiger partial charge on any atom is 0.407 e. The zero-order valence-electron chi connectivity index (χ0n) is 12.8. The first-order chi connectivity index (χ1) is 11.3. The molecule has 0 saturated carbocycles. The number of aromatic nitrogens is 1. The number of carbonyl (C=O) groups is 1. The summed E-state index contributed by atoms with van der Waals surface area (Å²) >= 11 is 0. The van der Waals surface area contributed by atoms with Crippen LogP contribution in [0.25, 0.3) is 6.08 Å². The average molecular weight is 312 g/mol. The van der Waals surface area contributed by atoms with Gasteiger partial charge in [0.2, 0.25) is 0 Å². The number of benzene rings is 1. The zero-order valence-corrected chi connectivity index (χ0v) is 12.8. The van der Waals surface area contributed by atoms with Crippen molar-refractivity contribution < 1.29 is 14.6 Å². The normalized spacial score (nSPS) is 10.7. The summed E-state index contributed by atoms with van der Waals surface area (Å²) in [5, 5.41) is 11.6. The SMILES string of the molecule is O=C(NCCC=Cc1ccc(CO)cn1)OCc1ccccc1. The molecular weight excluding hydrogens is 292 g/mol. The Labute approximate surface area is 135 Å². The van der Waals surface area contributed by atoms with Gasteiger partial charge >= 0.3 is 6.09 Å². The monoisotopic (exact) mass is 312 g/mol. The number of nitrogens with zero attached hydrogens (tertiary/aromatic N) is 1. The van der Waals surface area contributed by atoms with E-state index in [0.717, 1.165) is 16.8 Å².